The zero-order valence-electron chi connectivity index (χ0n) is 19.2. The van der Waals surface area contributed by atoms with Gasteiger partial charge in [-0.3, -0.25) is 14.4 Å². The normalized spacial score (nSPS) is 10.9. The van der Waals surface area contributed by atoms with Crippen molar-refractivity contribution >= 4 is 68.1 Å². The maximum Gasteiger partial charge on any atom is 0.278 e. The molecule has 1 amide bonds. The SMILES string of the molecule is C=CCn1nc(-c2cccc(NC(C)=O)c2)c2c(c(Nc3ccc(I)cc3F)c(Cl)c(=O)n2C)c1=O. The summed E-state index contributed by atoms with van der Waals surface area (Å²) in [6, 6.07) is 11.3. The monoisotopic (exact) mass is 619 g/mol. The van der Waals surface area contributed by atoms with Crippen molar-refractivity contribution in [2.24, 2.45) is 7.05 Å². The van der Waals surface area contributed by atoms with Crippen molar-refractivity contribution < 1.29 is 9.18 Å². The second kappa shape index (κ2) is 10.2. The Morgan fingerprint density at radius 1 is 1.22 bits per heavy atom. The van der Waals surface area contributed by atoms with Gasteiger partial charge >= 0.3 is 0 Å². The van der Waals surface area contributed by atoms with E-state index in [2.05, 4.69) is 22.3 Å². The number of halogens is 3. The number of rotatable bonds is 6. The van der Waals surface area contributed by atoms with Crippen LogP contribution >= 0.6 is 34.2 Å². The number of fused-ring (bicyclic) bond motifs is 1. The lowest BCUT2D eigenvalue weighted by Crippen LogP contribution is -2.29. The molecule has 2 aromatic heterocycles. The van der Waals surface area contributed by atoms with Crippen molar-refractivity contribution in [1.29, 1.82) is 0 Å². The van der Waals surface area contributed by atoms with E-state index < -0.39 is 16.9 Å². The fourth-order valence-corrected chi connectivity index (χ4v) is 4.53. The largest absolute Gasteiger partial charge is 0.351 e. The first-order valence-corrected chi connectivity index (χ1v) is 12.1. The van der Waals surface area contributed by atoms with E-state index in [4.69, 9.17) is 11.6 Å². The molecule has 4 aromatic rings. The molecule has 2 N–H and O–H groups in total. The lowest BCUT2D eigenvalue weighted by atomic mass is 10.1. The number of hydrogen-bond donors (Lipinski definition) is 2. The van der Waals surface area contributed by atoms with Crippen LogP contribution in [-0.4, -0.2) is 20.3 Å². The van der Waals surface area contributed by atoms with Gasteiger partial charge in [0.2, 0.25) is 5.91 Å². The van der Waals surface area contributed by atoms with Gasteiger partial charge in [0.1, 0.15) is 16.5 Å². The third kappa shape index (κ3) is 4.78. The van der Waals surface area contributed by atoms with Crippen LogP contribution in [0.3, 0.4) is 0 Å². The first-order chi connectivity index (χ1) is 17.1. The molecule has 184 valence electrons. The van der Waals surface area contributed by atoms with Crippen LogP contribution < -0.4 is 21.8 Å². The third-order valence-electron chi connectivity index (χ3n) is 5.38. The molecule has 0 atom stereocenters. The topological polar surface area (TPSA) is 98.0 Å². The summed E-state index contributed by atoms with van der Waals surface area (Å²) in [6.07, 6.45) is 1.51. The molecule has 2 heterocycles. The Morgan fingerprint density at radius 2 is 1.97 bits per heavy atom. The van der Waals surface area contributed by atoms with E-state index >= 15 is 0 Å². The second-order valence-corrected chi connectivity index (χ2v) is 9.54. The molecule has 0 aliphatic rings. The molecule has 0 fully saturated rings. The zero-order valence-corrected chi connectivity index (χ0v) is 22.1. The Morgan fingerprint density at radius 3 is 2.64 bits per heavy atom. The number of anilines is 3. The van der Waals surface area contributed by atoms with Gasteiger partial charge in [0.25, 0.3) is 11.1 Å². The van der Waals surface area contributed by atoms with Gasteiger partial charge in [0.15, 0.2) is 0 Å². The summed E-state index contributed by atoms with van der Waals surface area (Å²) in [7, 11) is 1.48. The predicted molar refractivity (Wildman–Crippen MR) is 149 cm³/mol. The second-order valence-electron chi connectivity index (χ2n) is 7.91. The molecule has 11 heteroatoms. The average molecular weight is 620 g/mol. The predicted octanol–water partition coefficient (Wildman–Crippen LogP) is 5.05. The summed E-state index contributed by atoms with van der Waals surface area (Å²) in [6.45, 7) is 5.15. The molecule has 0 aliphatic heterocycles. The number of aryl methyl sites for hydroxylation is 1. The minimum absolute atomic E-state index is 0.0284. The minimum Gasteiger partial charge on any atom is -0.351 e. The number of benzene rings is 2. The molecule has 0 radical (unpaired) electrons. The number of nitrogens with zero attached hydrogens (tertiary/aromatic N) is 3. The van der Waals surface area contributed by atoms with Crippen LogP contribution in [0, 0.1) is 9.39 Å². The van der Waals surface area contributed by atoms with E-state index in [1.165, 1.54) is 41.4 Å². The van der Waals surface area contributed by atoms with Crippen molar-refractivity contribution in [2.75, 3.05) is 10.6 Å². The first kappa shape index (κ1) is 25.6. The van der Waals surface area contributed by atoms with Gasteiger partial charge in [0.05, 0.1) is 28.8 Å². The highest BCUT2D eigenvalue weighted by Crippen LogP contribution is 2.34. The van der Waals surface area contributed by atoms with Crippen LogP contribution in [0.5, 0.6) is 0 Å². The van der Waals surface area contributed by atoms with Crippen molar-refractivity contribution in [3.05, 3.63) is 90.2 Å². The molecule has 36 heavy (non-hydrogen) atoms. The van der Waals surface area contributed by atoms with E-state index in [1.54, 1.807) is 30.3 Å². The summed E-state index contributed by atoms with van der Waals surface area (Å²) >= 11 is 8.42. The molecule has 4 rings (SSSR count). The van der Waals surface area contributed by atoms with Crippen molar-refractivity contribution in [2.45, 2.75) is 13.5 Å². The molecule has 0 bridgehead atoms. The Hall–Kier alpha value is -3.51. The van der Waals surface area contributed by atoms with Gasteiger partial charge in [0, 0.05) is 28.8 Å². The number of carbonyl (C=O) groups is 1. The van der Waals surface area contributed by atoms with Crippen molar-refractivity contribution in [3.8, 4) is 11.3 Å². The quantitative estimate of drug-likeness (QED) is 0.233. The number of nitrogens with one attached hydrogen (secondary N) is 2. The fourth-order valence-electron chi connectivity index (χ4n) is 3.81. The highest BCUT2D eigenvalue weighted by atomic mass is 127. The van der Waals surface area contributed by atoms with Crippen LogP contribution in [0.25, 0.3) is 22.2 Å². The number of amides is 1. The van der Waals surface area contributed by atoms with E-state index in [1.807, 2.05) is 22.6 Å². The van der Waals surface area contributed by atoms with Crippen LogP contribution in [0.4, 0.5) is 21.5 Å². The molecule has 0 aliphatic carbocycles. The van der Waals surface area contributed by atoms with Crippen LogP contribution in [0.1, 0.15) is 6.92 Å². The summed E-state index contributed by atoms with van der Waals surface area (Å²) in [5.41, 5.74) is 0.413. The van der Waals surface area contributed by atoms with Crippen LogP contribution in [-0.2, 0) is 18.4 Å². The summed E-state index contributed by atoms with van der Waals surface area (Å²) in [5.74, 6) is -0.831. The summed E-state index contributed by atoms with van der Waals surface area (Å²) < 4.78 is 17.8. The molecule has 8 nitrogen and oxygen atoms in total. The van der Waals surface area contributed by atoms with E-state index in [0.717, 1.165) is 0 Å². The Bertz CT molecular complexity index is 1660. The smallest absolute Gasteiger partial charge is 0.278 e. The zero-order chi connectivity index (χ0) is 26.1. The van der Waals surface area contributed by atoms with Gasteiger partial charge in [-0.15, -0.1) is 6.58 Å². The van der Waals surface area contributed by atoms with E-state index in [-0.39, 0.29) is 39.8 Å². The number of aromatic nitrogens is 3. The molecule has 0 unspecified atom stereocenters. The first-order valence-electron chi connectivity index (χ1n) is 10.7. The Labute approximate surface area is 223 Å². The molecule has 0 saturated heterocycles. The standard InChI is InChI=1S/C25H20ClFIN5O3/c1-4-10-33-24(35)19-22(30-18-9-8-15(28)12-17(18)27)20(26)25(36)32(3)23(19)21(31-33)14-6-5-7-16(11-14)29-13(2)34/h4-9,11-12,30H,1,10H2,2-3H3,(H,29,34). The van der Waals surface area contributed by atoms with Gasteiger partial charge < -0.3 is 15.2 Å². The fraction of sp³-hybridized carbons (Fsp3) is 0.120. The highest BCUT2D eigenvalue weighted by molar-refractivity contribution is 14.1. The molecular formula is C25H20ClFIN5O3. The molecule has 2 aromatic carbocycles. The minimum atomic E-state index is -0.598. The maximum atomic E-state index is 14.7. The van der Waals surface area contributed by atoms with Crippen LogP contribution in [0.2, 0.25) is 5.02 Å². The molecule has 0 spiro atoms. The maximum absolute atomic E-state index is 14.7. The summed E-state index contributed by atoms with van der Waals surface area (Å²) in [4.78, 5) is 38.3. The lowest BCUT2D eigenvalue weighted by molar-refractivity contribution is -0.114. The number of hydrogen-bond acceptors (Lipinski definition) is 5. The number of allylic oxidation sites excluding steroid dienone is 1. The molecular weight excluding hydrogens is 600 g/mol. The molecule has 0 saturated carbocycles. The Balaban J connectivity index is 2.11. The van der Waals surface area contributed by atoms with Gasteiger partial charge in [-0.05, 0) is 52.9 Å². The lowest BCUT2D eigenvalue weighted by Gasteiger charge is -2.18. The van der Waals surface area contributed by atoms with Gasteiger partial charge in [-0.25, -0.2) is 9.07 Å². The van der Waals surface area contributed by atoms with Crippen molar-refractivity contribution in [3.63, 3.8) is 0 Å². The third-order valence-corrected chi connectivity index (χ3v) is 6.40. The Kier molecular flexibility index (Phi) is 7.27. The highest BCUT2D eigenvalue weighted by Gasteiger charge is 2.23. The average Bonchev–Trinajstić information content (AvgIpc) is 2.82. The van der Waals surface area contributed by atoms with E-state index in [9.17, 15) is 18.8 Å². The van der Waals surface area contributed by atoms with Crippen molar-refractivity contribution in [1.82, 2.24) is 14.3 Å². The van der Waals surface area contributed by atoms with Gasteiger partial charge in [-0.1, -0.05) is 29.8 Å². The number of carbonyl (C=O) groups excluding carboxylic acids is 1. The number of pyridine rings is 1. The van der Waals surface area contributed by atoms with Crippen LogP contribution in [0.15, 0.2) is 64.7 Å². The summed E-state index contributed by atoms with van der Waals surface area (Å²) in [5, 5.41) is 9.85. The van der Waals surface area contributed by atoms with E-state index in [0.29, 0.717) is 20.5 Å². The van der Waals surface area contributed by atoms with Gasteiger partial charge in [-0.2, -0.15) is 5.10 Å².